The Morgan fingerprint density at radius 3 is 1.03 bits per heavy atom. The largest absolute Gasteiger partial charge is 0.462 e. The van der Waals surface area contributed by atoms with Gasteiger partial charge in [0, 0.05) is 19.3 Å². The van der Waals surface area contributed by atoms with Gasteiger partial charge in [0.15, 0.2) is 6.10 Å². The Morgan fingerprint density at radius 2 is 0.609 bits per heavy atom. The SMILES string of the molecule is CC/C=C\C/C=C\C/C=C\C/C=C\CCCCC(=O)O[C@H](COC(=O)CCCCCCC/C=C\CCCCC)COC(=O)CCCCCCCCCCCCCCCCCCCCC. The van der Waals surface area contributed by atoms with Gasteiger partial charge in [0.2, 0.25) is 0 Å². The van der Waals surface area contributed by atoms with Crippen LogP contribution in [0.25, 0.3) is 0 Å². The molecule has 0 aromatic heterocycles. The highest BCUT2D eigenvalue weighted by Crippen LogP contribution is 2.16. The molecule has 0 saturated carbocycles. The topological polar surface area (TPSA) is 78.9 Å². The number of hydrogen-bond donors (Lipinski definition) is 0. The van der Waals surface area contributed by atoms with Gasteiger partial charge in [0.1, 0.15) is 13.2 Å². The van der Waals surface area contributed by atoms with Gasteiger partial charge in [-0.15, -0.1) is 0 Å². The van der Waals surface area contributed by atoms with Gasteiger partial charge in [-0.1, -0.05) is 229 Å². The molecule has 0 rings (SSSR count). The Labute approximate surface area is 396 Å². The van der Waals surface area contributed by atoms with Crippen LogP contribution in [0.3, 0.4) is 0 Å². The van der Waals surface area contributed by atoms with Gasteiger partial charge >= 0.3 is 17.9 Å². The van der Waals surface area contributed by atoms with Crippen LogP contribution in [-0.2, 0) is 28.6 Å². The maximum atomic E-state index is 12.8. The van der Waals surface area contributed by atoms with Crippen LogP contribution in [0.2, 0.25) is 0 Å². The Hall–Kier alpha value is -2.89. The van der Waals surface area contributed by atoms with Crippen LogP contribution >= 0.6 is 0 Å². The Bertz CT molecular complexity index is 1170. The summed E-state index contributed by atoms with van der Waals surface area (Å²) < 4.78 is 16.8. The summed E-state index contributed by atoms with van der Waals surface area (Å²) >= 11 is 0. The van der Waals surface area contributed by atoms with E-state index in [1.807, 2.05) is 0 Å². The molecule has 0 unspecified atom stereocenters. The van der Waals surface area contributed by atoms with E-state index in [1.165, 1.54) is 141 Å². The predicted octanol–water partition coefficient (Wildman–Crippen LogP) is 18.0. The number of esters is 3. The van der Waals surface area contributed by atoms with Crippen molar-refractivity contribution < 1.29 is 28.6 Å². The first-order chi connectivity index (χ1) is 31.5. The molecule has 64 heavy (non-hydrogen) atoms. The minimum Gasteiger partial charge on any atom is -0.462 e. The van der Waals surface area contributed by atoms with Crippen LogP contribution in [0.1, 0.15) is 271 Å². The molecule has 0 radical (unpaired) electrons. The number of carbonyl (C=O) groups excluding carboxylic acids is 3. The van der Waals surface area contributed by atoms with Crippen molar-refractivity contribution in [3.05, 3.63) is 60.8 Å². The first-order valence-electron chi connectivity index (χ1n) is 27.3. The predicted molar refractivity (Wildman–Crippen MR) is 275 cm³/mol. The molecule has 0 fully saturated rings. The number of hydrogen-bond acceptors (Lipinski definition) is 6. The molecule has 0 bridgehead atoms. The van der Waals surface area contributed by atoms with E-state index in [0.717, 1.165) is 83.5 Å². The van der Waals surface area contributed by atoms with Crippen LogP contribution in [0.4, 0.5) is 0 Å². The van der Waals surface area contributed by atoms with Gasteiger partial charge in [0.05, 0.1) is 0 Å². The normalized spacial score (nSPS) is 12.5. The lowest BCUT2D eigenvalue weighted by atomic mass is 10.0. The molecule has 6 nitrogen and oxygen atoms in total. The molecule has 1 atom stereocenters. The third-order valence-corrected chi connectivity index (χ3v) is 11.8. The summed E-state index contributed by atoms with van der Waals surface area (Å²) in [6.45, 7) is 6.48. The van der Waals surface area contributed by atoms with Gasteiger partial charge in [-0.05, 0) is 83.5 Å². The molecule has 0 aliphatic heterocycles. The van der Waals surface area contributed by atoms with E-state index in [-0.39, 0.29) is 37.5 Å². The molecule has 0 amide bonds. The summed E-state index contributed by atoms with van der Waals surface area (Å²) in [5, 5.41) is 0. The Balaban J connectivity index is 4.38. The maximum Gasteiger partial charge on any atom is 0.306 e. The molecule has 370 valence electrons. The van der Waals surface area contributed by atoms with Crippen LogP contribution in [0.15, 0.2) is 60.8 Å². The van der Waals surface area contributed by atoms with Crippen molar-refractivity contribution in [1.29, 1.82) is 0 Å². The third kappa shape index (κ3) is 50.1. The molecule has 0 heterocycles. The van der Waals surface area contributed by atoms with Gasteiger partial charge in [0.25, 0.3) is 0 Å². The van der Waals surface area contributed by atoms with Crippen LogP contribution in [-0.4, -0.2) is 37.2 Å². The molecule has 0 saturated heterocycles. The van der Waals surface area contributed by atoms with Crippen LogP contribution in [0.5, 0.6) is 0 Å². The zero-order chi connectivity index (χ0) is 46.5. The summed E-state index contributed by atoms with van der Waals surface area (Å²) in [5.74, 6) is -0.935. The quantitative estimate of drug-likeness (QED) is 0.0262. The fraction of sp³-hybridized carbons (Fsp3) is 0.776. The van der Waals surface area contributed by atoms with Crippen molar-refractivity contribution in [2.75, 3.05) is 13.2 Å². The molecule has 0 aliphatic carbocycles. The highest BCUT2D eigenvalue weighted by atomic mass is 16.6. The van der Waals surface area contributed by atoms with Crippen LogP contribution < -0.4 is 0 Å². The lowest BCUT2D eigenvalue weighted by molar-refractivity contribution is -0.167. The molecule has 0 aromatic carbocycles. The summed E-state index contributed by atoms with van der Waals surface area (Å²) in [7, 11) is 0. The highest BCUT2D eigenvalue weighted by molar-refractivity contribution is 5.71. The maximum absolute atomic E-state index is 12.8. The summed E-state index contributed by atoms with van der Waals surface area (Å²) in [6, 6.07) is 0. The molecule has 0 aromatic rings. The summed E-state index contributed by atoms with van der Waals surface area (Å²) in [6.07, 6.45) is 65.0. The molecule has 0 aliphatic rings. The Kier molecular flexibility index (Phi) is 50.4. The van der Waals surface area contributed by atoms with Crippen LogP contribution in [0, 0.1) is 0 Å². The van der Waals surface area contributed by atoms with Crippen molar-refractivity contribution >= 4 is 17.9 Å². The third-order valence-electron chi connectivity index (χ3n) is 11.8. The van der Waals surface area contributed by atoms with Gasteiger partial charge < -0.3 is 14.2 Å². The molecular weight excluding hydrogens is 793 g/mol. The molecule has 0 spiro atoms. The fourth-order valence-electron chi connectivity index (χ4n) is 7.66. The van der Waals surface area contributed by atoms with E-state index in [1.54, 1.807) is 0 Å². The van der Waals surface area contributed by atoms with E-state index in [2.05, 4.69) is 81.5 Å². The fourth-order valence-corrected chi connectivity index (χ4v) is 7.66. The lowest BCUT2D eigenvalue weighted by Crippen LogP contribution is -2.30. The number of unbranched alkanes of at least 4 members (excludes halogenated alkanes) is 28. The average molecular weight is 895 g/mol. The van der Waals surface area contributed by atoms with E-state index in [9.17, 15) is 14.4 Å². The second kappa shape index (κ2) is 52.7. The van der Waals surface area contributed by atoms with Crippen molar-refractivity contribution in [2.45, 2.75) is 277 Å². The smallest absolute Gasteiger partial charge is 0.306 e. The number of ether oxygens (including phenoxy) is 3. The molecule has 6 heteroatoms. The average Bonchev–Trinajstić information content (AvgIpc) is 3.29. The minimum atomic E-state index is -0.796. The van der Waals surface area contributed by atoms with Crippen molar-refractivity contribution in [2.24, 2.45) is 0 Å². The summed E-state index contributed by atoms with van der Waals surface area (Å²) in [5.41, 5.74) is 0. The number of rotatable bonds is 49. The number of carbonyl (C=O) groups is 3. The zero-order valence-corrected chi connectivity index (χ0v) is 42.3. The highest BCUT2D eigenvalue weighted by Gasteiger charge is 2.19. The van der Waals surface area contributed by atoms with Crippen molar-refractivity contribution in [3.8, 4) is 0 Å². The van der Waals surface area contributed by atoms with E-state index < -0.39 is 6.10 Å². The standard InChI is InChI=1S/C58H102O6/c1-4-7-10-13-16-19-22-25-27-28-29-30-32-33-36-39-42-45-48-51-57(60)63-54-55(53-62-56(59)50-47-44-41-38-35-24-21-18-15-12-9-6-3)64-58(61)52-49-46-43-40-37-34-31-26-23-20-17-14-11-8-5-2/h8,11,17-18,20-21,26,31,37,40,55H,4-7,9-10,12-16,19,22-25,27-30,32-36,38-39,41-54H2,1-3H3/b11-8-,20-17-,21-18-,31-26-,40-37-/t55-/m1/s1. The van der Waals surface area contributed by atoms with E-state index in [4.69, 9.17) is 14.2 Å². The van der Waals surface area contributed by atoms with E-state index >= 15 is 0 Å². The zero-order valence-electron chi connectivity index (χ0n) is 42.3. The van der Waals surface area contributed by atoms with E-state index in [0.29, 0.717) is 19.3 Å². The first-order valence-corrected chi connectivity index (χ1v) is 27.3. The second-order valence-corrected chi connectivity index (χ2v) is 18.1. The Morgan fingerprint density at radius 1 is 0.328 bits per heavy atom. The van der Waals surface area contributed by atoms with Gasteiger partial charge in [-0.25, -0.2) is 0 Å². The number of allylic oxidation sites excluding steroid dienone is 10. The second-order valence-electron chi connectivity index (χ2n) is 18.1. The van der Waals surface area contributed by atoms with Gasteiger partial charge in [-0.3, -0.25) is 14.4 Å². The molecular formula is C58H102O6. The minimum absolute atomic E-state index is 0.0913. The molecule has 0 N–H and O–H groups in total. The van der Waals surface area contributed by atoms with Crippen molar-refractivity contribution in [1.82, 2.24) is 0 Å². The van der Waals surface area contributed by atoms with Gasteiger partial charge in [-0.2, -0.15) is 0 Å². The van der Waals surface area contributed by atoms with Crippen molar-refractivity contribution in [3.63, 3.8) is 0 Å². The summed E-state index contributed by atoms with van der Waals surface area (Å²) in [4.78, 5) is 38.0. The first kappa shape index (κ1) is 61.1. The monoisotopic (exact) mass is 895 g/mol. The lowest BCUT2D eigenvalue weighted by Gasteiger charge is -2.18.